The van der Waals surface area contributed by atoms with Gasteiger partial charge in [-0.25, -0.2) is 8.42 Å². The molecule has 2 N–H and O–H groups in total. The van der Waals surface area contributed by atoms with E-state index < -0.39 is 10.0 Å². The van der Waals surface area contributed by atoms with Crippen LogP contribution >= 0.6 is 23.2 Å². The van der Waals surface area contributed by atoms with Gasteiger partial charge in [-0.2, -0.15) is 0 Å². The van der Waals surface area contributed by atoms with Gasteiger partial charge >= 0.3 is 0 Å². The van der Waals surface area contributed by atoms with Crippen molar-refractivity contribution in [1.29, 1.82) is 0 Å². The Labute approximate surface area is 111 Å². The Balaban J connectivity index is 2.80. The monoisotopic (exact) mass is 297 g/mol. The van der Waals surface area contributed by atoms with Crippen molar-refractivity contribution in [3.8, 4) is 5.75 Å². The van der Waals surface area contributed by atoms with Crippen LogP contribution in [0.5, 0.6) is 5.75 Å². The van der Waals surface area contributed by atoms with Gasteiger partial charge in [0.1, 0.15) is 5.75 Å². The molecule has 1 rings (SSSR count). The first-order chi connectivity index (χ1) is 7.84. The van der Waals surface area contributed by atoms with Gasteiger partial charge in [0.25, 0.3) is 0 Å². The number of alkyl halides is 1. The predicted molar refractivity (Wildman–Crippen MR) is 70.4 cm³/mol. The fourth-order valence-corrected chi connectivity index (χ4v) is 3.07. The highest BCUT2D eigenvalue weighted by Gasteiger charge is 2.15. The number of rotatable bonds is 5. The number of phenols is 1. The molecule has 0 fully saturated rings. The molecule has 0 saturated carbocycles. The fourth-order valence-electron chi connectivity index (χ4n) is 1.21. The van der Waals surface area contributed by atoms with Crippen LogP contribution in [0.15, 0.2) is 18.2 Å². The molecule has 1 aromatic rings. The van der Waals surface area contributed by atoms with Gasteiger partial charge in [-0.05, 0) is 24.1 Å². The Morgan fingerprint density at radius 3 is 2.65 bits per heavy atom. The van der Waals surface area contributed by atoms with Crippen molar-refractivity contribution < 1.29 is 13.5 Å². The predicted octanol–water partition coefficient (Wildman–Crippen LogP) is 2.66. The molecule has 7 heteroatoms. The molecule has 96 valence electrons. The number of sulfonamides is 1. The van der Waals surface area contributed by atoms with Gasteiger partial charge in [-0.3, -0.25) is 4.72 Å². The standard InChI is InChI=1S/C10H13Cl2NO3S/c1-7(5-11)6-17(15,16)13-8-2-3-10(14)9(12)4-8/h2-4,7,13-14H,5-6H2,1H3. The molecule has 0 radical (unpaired) electrons. The number of aromatic hydroxyl groups is 1. The number of anilines is 1. The van der Waals surface area contributed by atoms with Crippen molar-refractivity contribution in [1.82, 2.24) is 0 Å². The summed E-state index contributed by atoms with van der Waals surface area (Å²) in [6.45, 7) is 1.75. The minimum atomic E-state index is -3.45. The van der Waals surface area contributed by atoms with Crippen LogP contribution in [-0.4, -0.2) is 25.2 Å². The van der Waals surface area contributed by atoms with Gasteiger partial charge in [0, 0.05) is 5.88 Å². The summed E-state index contributed by atoms with van der Waals surface area (Å²) in [6, 6.07) is 4.11. The third kappa shape index (κ3) is 4.61. The Morgan fingerprint density at radius 1 is 1.47 bits per heavy atom. The van der Waals surface area contributed by atoms with E-state index in [0.717, 1.165) is 0 Å². The smallest absolute Gasteiger partial charge is 0.233 e. The van der Waals surface area contributed by atoms with Crippen molar-refractivity contribution in [2.45, 2.75) is 6.92 Å². The lowest BCUT2D eigenvalue weighted by Crippen LogP contribution is -2.22. The molecular weight excluding hydrogens is 285 g/mol. The number of halogens is 2. The van der Waals surface area contributed by atoms with E-state index in [4.69, 9.17) is 23.2 Å². The second-order valence-electron chi connectivity index (χ2n) is 3.81. The molecule has 0 amide bonds. The average Bonchev–Trinajstić information content (AvgIpc) is 2.22. The second-order valence-corrected chi connectivity index (χ2v) is 6.29. The maximum absolute atomic E-state index is 11.7. The third-order valence-electron chi connectivity index (χ3n) is 1.99. The van der Waals surface area contributed by atoms with Gasteiger partial charge in [-0.15, -0.1) is 11.6 Å². The molecule has 1 aromatic carbocycles. The molecule has 0 aromatic heterocycles. The molecule has 4 nitrogen and oxygen atoms in total. The van der Waals surface area contributed by atoms with E-state index in [1.165, 1.54) is 18.2 Å². The van der Waals surface area contributed by atoms with E-state index in [9.17, 15) is 13.5 Å². The molecule has 1 atom stereocenters. The first kappa shape index (κ1) is 14.4. The summed E-state index contributed by atoms with van der Waals surface area (Å²) in [4.78, 5) is 0. The minimum Gasteiger partial charge on any atom is -0.506 e. The Bertz CT molecular complexity index is 490. The van der Waals surface area contributed by atoms with Gasteiger partial charge in [0.2, 0.25) is 10.0 Å². The quantitative estimate of drug-likeness (QED) is 0.649. The summed E-state index contributed by atoms with van der Waals surface area (Å²) in [6.07, 6.45) is 0. The topological polar surface area (TPSA) is 66.4 Å². The number of nitrogens with one attached hydrogen (secondary N) is 1. The highest BCUT2D eigenvalue weighted by atomic mass is 35.5. The van der Waals surface area contributed by atoms with Crippen LogP contribution < -0.4 is 4.72 Å². The second kappa shape index (κ2) is 5.80. The summed E-state index contributed by atoms with van der Waals surface area (Å²) >= 11 is 11.2. The molecular formula is C10H13Cl2NO3S. The van der Waals surface area contributed by atoms with Gasteiger partial charge < -0.3 is 5.11 Å². The number of benzene rings is 1. The highest BCUT2D eigenvalue weighted by molar-refractivity contribution is 7.92. The number of phenolic OH excluding ortho intramolecular Hbond substituents is 1. The van der Waals surface area contributed by atoms with Crippen molar-refractivity contribution in [3.05, 3.63) is 23.2 Å². The molecule has 1 unspecified atom stereocenters. The Hall–Kier alpha value is -0.650. The summed E-state index contributed by atoms with van der Waals surface area (Å²) in [5, 5.41) is 9.29. The van der Waals surface area contributed by atoms with E-state index in [2.05, 4.69) is 4.72 Å². The fraction of sp³-hybridized carbons (Fsp3) is 0.400. The van der Waals surface area contributed by atoms with Gasteiger partial charge in [0.15, 0.2) is 0 Å². The maximum atomic E-state index is 11.7. The summed E-state index contributed by atoms with van der Waals surface area (Å²) in [5.74, 6) is -0.0165. The summed E-state index contributed by atoms with van der Waals surface area (Å²) in [7, 11) is -3.45. The number of hydrogen-bond acceptors (Lipinski definition) is 3. The third-order valence-corrected chi connectivity index (χ3v) is 4.37. The van der Waals surface area contributed by atoms with E-state index in [1.807, 2.05) is 0 Å². The summed E-state index contributed by atoms with van der Waals surface area (Å²) in [5.41, 5.74) is 0.314. The molecule has 0 heterocycles. The molecule has 0 bridgehead atoms. The van der Waals surface area contributed by atoms with Gasteiger partial charge in [0.05, 0.1) is 16.5 Å². The van der Waals surface area contributed by atoms with E-state index >= 15 is 0 Å². The Kier molecular flexibility index (Phi) is 4.91. The zero-order valence-electron chi connectivity index (χ0n) is 9.15. The lowest BCUT2D eigenvalue weighted by Gasteiger charge is -2.11. The Morgan fingerprint density at radius 2 is 2.12 bits per heavy atom. The zero-order chi connectivity index (χ0) is 13.1. The molecule has 0 aliphatic carbocycles. The normalized spacial score (nSPS) is 13.4. The highest BCUT2D eigenvalue weighted by Crippen LogP contribution is 2.26. The van der Waals surface area contributed by atoms with Crippen molar-refractivity contribution >= 4 is 38.9 Å². The zero-order valence-corrected chi connectivity index (χ0v) is 11.5. The average molecular weight is 298 g/mol. The van der Waals surface area contributed by atoms with Crippen LogP contribution in [0.3, 0.4) is 0 Å². The SMILES string of the molecule is CC(CCl)CS(=O)(=O)Nc1ccc(O)c(Cl)c1. The molecule has 0 aliphatic heterocycles. The van der Waals surface area contributed by atoms with E-state index in [1.54, 1.807) is 6.92 Å². The molecule has 17 heavy (non-hydrogen) atoms. The minimum absolute atomic E-state index is 0.0605. The summed E-state index contributed by atoms with van der Waals surface area (Å²) < 4.78 is 25.7. The molecule has 0 aliphatic rings. The van der Waals surface area contributed by atoms with Crippen LogP contribution in [0.1, 0.15) is 6.92 Å². The van der Waals surface area contributed by atoms with Crippen LogP contribution in [0.2, 0.25) is 5.02 Å². The van der Waals surface area contributed by atoms with Crippen LogP contribution in [0.4, 0.5) is 5.69 Å². The van der Waals surface area contributed by atoms with E-state index in [-0.39, 0.29) is 28.3 Å². The van der Waals surface area contributed by atoms with Crippen molar-refractivity contribution in [2.75, 3.05) is 16.4 Å². The largest absolute Gasteiger partial charge is 0.506 e. The van der Waals surface area contributed by atoms with Crippen molar-refractivity contribution in [2.24, 2.45) is 5.92 Å². The van der Waals surface area contributed by atoms with E-state index in [0.29, 0.717) is 5.69 Å². The van der Waals surface area contributed by atoms with Crippen LogP contribution in [0.25, 0.3) is 0 Å². The lowest BCUT2D eigenvalue weighted by molar-refractivity contribution is 0.475. The lowest BCUT2D eigenvalue weighted by atomic mass is 10.3. The number of hydrogen-bond donors (Lipinski definition) is 2. The van der Waals surface area contributed by atoms with Crippen molar-refractivity contribution in [3.63, 3.8) is 0 Å². The first-order valence-corrected chi connectivity index (χ1v) is 7.45. The van der Waals surface area contributed by atoms with Crippen LogP contribution in [0, 0.1) is 5.92 Å². The van der Waals surface area contributed by atoms with Crippen LogP contribution in [-0.2, 0) is 10.0 Å². The maximum Gasteiger partial charge on any atom is 0.233 e. The first-order valence-electron chi connectivity index (χ1n) is 4.89. The molecule has 0 spiro atoms. The van der Waals surface area contributed by atoms with Gasteiger partial charge in [-0.1, -0.05) is 18.5 Å². The molecule has 0 saturated heterocycles.